The molecule has 0 unspecified atom stereocenters. The van der Waals surface area contributed by atoms with Gasteiger partial charge in [0.25, 0.3) is 0 Å². The molecule has 0 bridgehead atoms. The summed E-state index contributed by atoms with van der Waals surface area (Å²) < 4.78 is 4.89. The third-order valence-electron chi connectivity index (χ3n) is 2.98. The fourth-order valence-corrected chi connectivity index (χ4v) is 1.88. The minimum Gasteiger partial charge on any atom is -0.466 e. The molecule has 0 aromatic rings. The van der Waals surface area contributed by atoms with Gasteiger partial charge in [0, 0.05) is 6.92 Å². The zero-order valence-corrected chi connectivity index (χ0v) is 13.1. The van der Waals surface area contributed by atoms with Crippen LogP contribution in [0.2, 0.25) is 0 Å². The lowest BCUT2D eigenvalue weighted by molar-refractivity contribution is -0.141. The Bertz CT molecular complexity index is 301. The fourth-order valence-electron chi connectivity index (χ4n) is 1.88. The van der Waals surface area contributed by atoms with Crippen LogP contribution in [-0.2, 0) is 9.53 Å². The van der Waals surface area contributed by atoms with Crippen molar-refractivity contribution in [2.24, 2.45) is 0 Å². The molecule has 0 saturated carbocycles. The third kappa shape index (κ3) is 16.7. The van der Waals surface area contributed by atoms with Crippen molar-refractivity contribution in [1.82, 2.24) is 0 Å². The van der Waals surface area contributed by atoms with E-state index in [0.717, 1.165) is 6.42 Å². The van der Waals surface area contributed by atoms with Crippen LogP contribution >= 0.6 is 0 Å². The number of carbonyl (C=O) groups excluding carboxylic acids is 1. The van der Waals surface area contributed by atoms with Crippen LogP contribution in [0.25, 0.3) is 0 Å². The van der Waals surface area contributed by atoms with Crippen molar-refractivity contribution in [2.75, 3.05) is 6.61 Å². The lowest BCUT2D eigenvalue weighted by Crippen LogP contribution is -1.99. The van der Waals surface area contributed by atoms with Crippen LogP contribution in [0.4, 0.5) is 0 Å². The maximum atomic E-state index is 10.5. The van der Waals surface area contributed by atoms with Crippen LogP contribution in [0, 0.1) is 0 Å². The molecule has 114 valence electrons. The summed E-state index contributed by atoms with van der Waals surface area (Å²) >= 11 is 0. The van der Waals surface area contributed by atoms with Gasteiger partial charge in [-0.25, -0.2) is 0 Å². The number of allylic oxidation sites excluding steroid dienone is 6. The largest absolute Gasteiger partial charge is 0.466 e. The smallest absolute Gasteiger partial charge is 0.302 e. The second-order valence-electron chi connectivity index (χ2n) is 4.94. The summed E-state index contributed by atoms with van der Waals surface area (Å²) in [5.74, 6) is -0.168. The number of carbonyl (C=O) groups is 1. The van der Waals surface area contributed by atoms with E-state index in [-0.39, 0.29) is 5.97 Å². The maximum absolute atomic E-state index is 10.5. The summed E-state index contributed by atoms with van der Waals surface area (Å²) in [6, 6.07) is 0. The lowest BCUT2D eigenvalue weighted by atomic mass is 10.1. The van der Waals surface area contributed by atoms with E-state index in [0.29, 0.717) is 6.61 Å². The SMILES string of the molecule is C/C=C/C=C\C=C\CCCCCCCCCOC(C)=O. The summed E-state index contributed by atoms with van der Waals surface area (Å²) in [5.41, 5.74) is 0. The Morgan fingerprint density at radius 3 is 2.10 bits per heavy atom. The predicted molar refractivity (Wildman–Crippen MR) is 86.7 cm³/mol. The van der Waals surface area contributed by atoms with Crippen molar-refractivity contribution in [3.8, 4) is 0 Å². The van der Waals surface area contributed by atoms with Gasteiger partial charge in [-0.2, -0.15) is 0 Å². The van der Waals surface area contributed by atoms with Crippen molar-refractivity contribution in [3.05, 3.63) is 36.5 Å². The van der Waals surface area contributed by atoms with Crippen LogP contribution in [0.1, 0.15) is 65.2 Å². The fraction of sp³-hybridized carbons (Fsp3) is 0.611. The molecule has 0 aromatic carbocycles. The standard InChI is InChI=1S/C18H30O2/c1-3-4-5-6-7-8-9-10-11-12-13-14-15-16-17-20-18(2)19/h3-8H,9-17H2,1-2H3/b4-3+,6-5-,8-7+. The Labute approximate surface area is 124 Å². The Hall–Kier alpha value is -1.31. The Balaban J connectivity index is 3.15. The highest BCUT2D eigenvalue weighted by Crippen LogP contribution is 2.09. The van der Waals surface area contributed by atoms with E-state index in [4.69, 9.17) is 4.74 Å². The summed E-state index contributed by atoms with van der Waals surface area (Å²) in [7, 11) is 0. The van der Waals surface area contributed by atoms with Crippen molar-refractivity contribution in [1.29, 1.82) is 0 Å². The van der Waals surface area contributed by atoms with Crippen molar-refractivity contribution < 1.29 is 9.53 Å². The number of hydrogen-bond donors (Lipinski definition) is 0. The zero-order chi connectivity index (χ0) is 14.9. The molecule has 0 aliphatic heterocycles. The van der Waals surface area contributed by atoms with Crippen molar-refractivity contribution >= 4 is 5.97 Å². The molecule has 0 radical (unpaired) electrons. The number of ether oxygens (including phenoxy) is 1. The molecular formula is C18H30O2. The van der Waals surface area contributed by atoms with Gasteiger partial charge in [-0.05, 0) is 26.2 Å². The first-order valence-electron chi connectivity index (χ1n) is 7.85. The Kier molecular flexibility index (Phi) is 14.7. The summed E-state index contributed by atoms with van der Waals surface area (Å²) in [6.45, 7) is 4.07. The number of hydrogen-bond acceptors (Lipinski definition) is 2. The first kappa shape index (κ1) is 18.7. The number of unbranched alkanes of at least 4 members (excludes halogenated alkanes) is 7. The summed E-state index contributed by atoms with van der Waals surface area (Å²) in [4.78, 5) is 10.5. The van der Waals surface area contributed by atoms with Gasteiger partial charge in [0.05, 0.1) is 6.61 Å². The first-order chi connectivity index (χ1) is 9.77. The van der Waals surface area contributed by atoms with Crippen LogP contribution < -0.4 is 0 Å². The maximum Gasteiger partial charge on any atom is 0.302 e. The summed E-state index contributed by atoms with van der Waals surface area (Å²) in [6.07, 6.45) is 22.3. The molecule has 0 saturated heterocycles. The highest BCUT2D eigenvalue weighted by atomic mass is 16.5. The number of rotatable bonds is 12. The van der Waals surface area contributed by atoms with Gasteiger partial charge in [0.1, 0.15) is 0 Å². The van der Waals surface area contributed by atoms with E-state index in [1.165, 1.54) is 51.9 Å². The molecule has 0 aliphatic carbocycles. The van der Waals surface area contributed by atoms with E-state index in [9.17, 15) is 4.79 Å². The molecule has 0 atom stereocenters. The van der Waals surface area contributed by atoms with Crippen LogP contribution in [0.3, 0.4) is 0 Å². The van der Waals surface area contributed by atoms with Gasteiger partial charge in [0.2, 0.25) is 0 Å². The second-order valence-corrected chi connectivity index (χ2v) is 4.94. The quantitative estimate of drug-likeness (QED) is 0.273. The minimum atomic E-state index is -0.168. The van der Waals surface area contributed by atoms with Gasteiger partial charge < -0.3 is 4.74 Å². The minimum absolute atomic E-state index is 0.168. The Morgan fingerprint density at radius 2 is 1.45 bits per heavy atom. The summed E-state index contributed by atoms with van der Waals surface area (Å²) in [5, 5.41) is 0. The average Bonchev–Trinajstić information content (AvgIpc) is 2.43. The molecule has 0 heterocycles. The van der Waals surface area contributed by atoms with E-state index >= 15 is 0 Å². The third-order valence-corrected chi connectivity index (χ3v) is 2.98. The molecule has 0 amide bonds. The molecule has 0 fully saturated rings. The molecule has 20 heavy (non-hydrogen) atoms. The number of esters is 1. The van der Waals surface area contributed by atoms with Crippen LogP contribution in [0.15, 0.2) is 36.5 Å². The van der Waals surface area contributed by atoms with Gasteiger partial charge in [-0.1, -0.05) is 68.6 Å². The first-order valence-corrected chi connectivity index (χ1v) is 7.85. The Morgan fingerprint density at radius 1 is 0.850 bits per heavy atom. The van der Waals surface area contributed by atoms with Gasteiger partial charge >= 0.3 is 5.97 Å². The van der Waals surface area contributed by atoms with Gasteiger partial charge in [-0.15, -0.1) is 0 Å². The van der Waals surface area contributed by atoms with E-state index < -0.39 is 0 Å². The highest BCUT2D eigenvalue weighted by molar-refractivity contribution is 5.65. The molecule has 0 rings (SSSR count). The van der Waals surface area contributed by atoms with Gasteiger partial charge in [0.15, 0.2) is 0 Å². The highest BCUT2D eigenvalue weighted by Gasteiger charge is 1.94. The molecule has 2 nitrogen and oxygen atoms in total. The molecule has 0 aromatic heterocycles. The molecular weight excluding hydrogens is 248 g/mol. The molecule has 0 N–H and O–H groups in total. The topological polar surface area (TPSA) is 26.3 Å². The predicted octanol–water partition coefficient (Wildman–Crippen LogP) is 5.36. The molecule has 0 spiro atoms. The second kappa shape index (κ2) is 15.7. The monoisotopic (exact) mass is 278 g/mol. The average molecular weight is 278 g/mol. The van der Waals surface area contributed by atoms with Crippen LogP contribution in [0.5, 0.6) is 0 Å². The van der Waals surface area contributed by atoms with E-state index in [1.54, 1.807) is 0 Å². The normalized spacial score (nSPS) is 11.9. The zero-order valence-electron chi connectivity index (χ0n) is 13.1. The van der Waals surface area contributed by atoms with Crippen LogP contribution in [-0.4, -0.2) is 12.6 Å². The van der Waals surface area contributed by atoms with E-state index in [1.807, 2.05) is 25.2 Å². The van der Waals surface area contributed by atoms with E-state index in [2.05, 4.69) is 18.2 Å². The van der Waals surface area contributed by atoms with Gasteiger partial charge in [-0.3, -0.25) is 4.79 Å². The van der Waals surface area contributed by atoms with Crippen molar-refractivity contribution in [2.45, 2.75) is 65.2 Å². The molecule has 0 aliphatic rings. The van der Waals surface area contributed by atoms with Crippen molar-refractivity contribution in [3.63, 3.8) is 0 Å². The lowest BCUT2D eigenvalue weighted by Gasteiger charge is -2.02. The molecule has 2 heteroatoms.